The minimum atomic E-state index is -5.08. The number of carboxylic acids is 1. The number of anilines is 1. The predicted octanol–water partition coefficient (Wildman–Crippen LogP) is 3.84. The largest absolute Gasteiger partial charge is 0.490 e. The second kappa shape index (κ2) is 11.4. The fourth-order valence-electron chi connectivity index (χ4n) is 4.22. The zero-order valence-electron chi connectivity index (χ0n) is 20.4. The number of carboxylic acid groups (broad SMARTS) is 1. The van der Waals surface area contributed by atoms with Gasteiger partial charge in [0.2, 0.25) is 5.91 Å². The van der Waals surface area contributed by atoms with Crippen LogP contribution < -0.4 is 16.4 Å². The number of amides is 2. The molecule has 5 N–H and O–H groups in total. The first-order valence-corrected chi connectivity index (χ1v) is 11.8. The minimum Gasteiger partial charge on any atom is -0.475 e. The minimum absolute atomic E-state index is 0.0351. The normalized spacial score (nSPS) is 16.8. The standard InChI is InChI=1S/C25H23N5O2.C2HF3O2/c26-24(31)21-8-4-7-17-15-30(29-23(17)21)20-11-9-19(10-12-20)28-25(32)22-13-18(14-27-22)16-5-2-1-3-6-16;3-2(4,5)1(6)7/h1-12,15,18,22,27H,13-14H2,(H2,26,31)(H,28,32);(H,6,7). The highest BCUT2D eigenvalue weighted by Crippen LogP contribution is 2.26. The number of hydrogen-bond acceptors (Lipinski definition) is 5. The number of benzene rings is 3. The number of alkyl halides is 3. The van der Waals surface area contributed by atoms with Gasteiger partial charge in [0, 0.05) is 23.8 Å². The molecule has 202 valence electrons. The van der Waals surface area contributed by atoms with Crippen LogP contribution in [0.25, 0.3) is 16.6 Å². The van der Waals surface area contributed by atoms with E-state index in [1.165, 1.54) is 5.56 Å². The van der Waals surface area contributed by atoms with E-state index >= 15 is 0 Å². The van der Waals surface area contributed by atoms with E-state index in [2.05, 4.69) is 27.9 Å². The van der Waals surface area contributed by atoms with E-state index in [0.717, 1.165) is 29.7 Å². The molecule has 1 saturated heterocycles. The molecule has 2 heterocycles. The average molecular weight is 540 g/mol. The first-order chi connectivity index (χ1) is 18.5. The lowest BCUT2D eigenvalue weighted by atomic mass is 9.96. The Bertz CT molecular complexity index is 1490. The van der Waals surface area contributed by atoms with Crippen molar-refractivity contribution in [3.63, 3.8) is 0 Å². The molecule has 39 heavy (non-hydrogen) atoms. The molecule has 1 aliphatic rings. The molecule has 1 aliphatic heterocycles. The number of carbonyl (C=O) groups is 3. The quantitative estimate of drug-likeness (QED) is 0.304. The van der Waals surface area contributed by atoms with Crippen molar-refractivity contribution >= 4 is 34.4 Å². The Morgan fingerprint density at radius 1 is 1.00 bits per heavy atom. The van der Waals surface area contributed by atoms with Crippen LogP contribution in [-0.2, 0) is 9.59 Å². The summed E-state index contributed by atoms with van der Waals surface area (Å²) in [7, 11) is 0. The number of nitrogens with zero attached hydrogens (tertiary/aromatic N) is 2. The Hall–Kier alpha value is -4.71. The van der Waals surface area contributed by atoms with Gasteiger partial charge in [-0.05, 0) is 48.2 Å². The molecule has 0 radical (unpaired) electrons. The van der Waals surface area contributed by atoms with Crippen LogP contribution in [0.4, 0.5) is 18.9 Å². The third kappa shape index (κ3) is 6.60. The Kier molecular flexibility index (Phi) is 7.96. The van der Waals surface area contributed by atoms with E-state index in [1.54, 1.807) is 16.8 Å². The van der Waals surface area contributed by atoms with Crippen molar-refractivity contribution in [2.24, 2.45) is 5.73 Å². The number of carbonyl (C=O) groups excluding carboxylic acids is 2. The Balaban J connectivity index is 0.000000448. The van der Waals surface area contributed by atoms with Gasteiger partial charge in [0.25, 0.3) is 5.91 Å². The summed E-state index contributed by atoms with van der Waals surface area (Å²) >= 11 is 0. The maximum Gasteiger partial charge on any atom is 0.490 e. The maximum absolute atomic E-state index is 12.7. The second-order valence-electron chi connectivity index (χ2n) is 8.82. The van der Waals surface area contributed by atoms with Crippen molar-refractivity contribution in [2.75, 3.05) is 11.9 Å². The zero-order valence-corrected chi connectivity index (χ0v) is 20.4. The molecule has 0 saturated carbocycles. The van der Waals surface area contributed by atoms with Crippen LogP contribution in [-0.4, -0.2) is 51.4 Å². The fourth-order valence-corrected chi connectivity index (χ4v) is 4.22. The summed E-state index contributed by atoms with van der Waals surface area (Å²) in [5, 5.41) is 18.8. The van der Waals surface area contributed by atoms with E-state index in [1.807, 2.05) is 54.7 Å². The topological polar surface area (TPSA) is 139 Å². The molecule has 3 aromatic carbocycles. The van der Waals surface area contributed by atoms with Crippen LogP contribution in [0.2, 0.25) is 0 Å². The van der Waals surface area contributed by atoms with Gasteiger partial charge >= 0.3 is 12.1 Å². The molecule has 0 aliphatic carbocycles. The summed E-state index contributed by atoms with van der Waals surface area (Å²) in [6.07, 6.45) is -2.46. The van der Waals surface area contributed by atoms with Gasteiger partial charge in [0.05, 0.1) is 17.3 Å². The van der Waals surface area contributed by atoms with Crippen LogP contribution >= 0.6 is 0 Å². The number of aliphatic carboxylic acids is 1. The predicted molar refractivity (Wildman–Crippen MR) is 137 cm³/mol. The molecule has 0 bridgehead atoms. The van der Waals surface area contributed by atoms with Crippen LogP contribution in [0.15, 0.2) is 79.0 Å². The second-order valence-corrected chi connectivity index (χ2v) is 8.82. The molecular weight excluding hydrogens is 515 g/mol. The fraction of sp³-hybridized carbons (Fsp3) is 0.185. The van der Waals surface area contributed by atoms with Gasteiger partial charge in [-0.1, -0.05) is 42.5 Å². The molecule has 2 amide bonds. The van der Waals surface area contributed by atoms with Crippen LogP contribution in [0.5, 0.6) is 0 Å². The maximum atomic E-state index is 12.7. The lowest BCUT2D eigenvalue weighted by Crippen LogP contribution is -2.35. The van der Waals surface area contributed by atoms with Crippen molar-refractivity contribution in [2.45, 2.75) is 24.6 Å². The Morgan fingerprint density at radius 3 is 2.28 bits per heavy atom. The number of aromatic nitrogens is 2. The van der Waals surface area contributed by atoms with E-state index in [0.29, 0.717) is 17.0 Å². The number of nitrogens with two attached hydrogens (primary N) is 1. The van der Waals surface area contributed by atoms with Gasteiger partial charge in [0.15, 0.2) is 0 Å². The van der Waals surface area contributed by atoms with Crippen molar-refractivity contribution in [3.05, 3.63) is 90.1 Å². The van der Waals surface area contributed by atoms with Gasteiger partial charge in [-0.15, -0.1) is 0 Å². The first-order valence-electron chi connectivity index (χ1n) is 11.8. The van der Waals surface area contributed by atoms with Gasteiger partial charge in [-0.3, -0.25) is 9.59 Å². The van der Waals surface area contributed by atoms with E-state index in [-0.39, 0.29) is 11.9 Å². The van der Waals surface area contributed by atoms with Crippen LogP contribution in [0.1, 0.15) is 28.3 Å². The van der Waals surface area contributed by atoms with Crippen molar-refractivity contribution < 1.29 is 32.7 Å². The SMILES string of the molecule is NC(=O)c1cccc2cn(-c3ccc(NC(=O)C4CC(c5ccccc5)CN4)cc3)nc12.O=C(O)C(F)(F)F. The third-order valence-electron chi connectivity index (χ3n) is 6.16. The van der Waals surface area contributed by atoms with E-state index in [4.69, 9.17) is 15.6 Å². The molecule has 4 aromatic rings. The van der Waals surface area contributed by atoms with Crippen molar-refractivity contribution in [1.82, 2.24) is 15.1 Å². The Labute approximate surface area is 220 Å². The molecule has 2 atom stereocenters. The number of hydrogen-bond donors (Lipinski definition) is 4. The van der Waals surface area contributed by atoms with Gasteiger partial charge < -0.3 is 21.5 Å². The van der Waals surface area contributed by atoms with Crippen LogP contribution in [0, 0.1) is 0 Å². The summed E-state index contributed by atoms with van der Waals surface area (Å²) < 4.78 is 33.4. The molecule has 12 heteroatoms. The highest BCUT2D eigenvalue weighted by molar-refractivity contribution is 6.04. The summed E-state index contributed by atoms with van der Waals surface area (Å²) in [6.45, 7) is 0.793. The third-order valence-corrected chi connectivity index (χ3v) is 6.16. The van der Waals surface area contributed by atoms with Gasteiger partial charge in [0.1, 0.15) is 5.52 Å². The molecule has 0 spiro atoms. The molecule has 1 fully saturated rings. The van der Waals surface area contributed by atoms with Gasteiger partial charge in [-0.2, -0.15) is 18.3 Å². The van der Waals surface area contributed by atoms with Crippen molar-refractivity contribution in [3.8, 4) is 5.69 Å². The lowest BCUT2D eigenvalue weighted by Gasteiger charge is -2.12. The number of rotatable bonds is 5. The summed E-state index contributed by atoms with van der Waals surface area (Å²) in [4.78, 5) is 33.3. The average Bonchev–Trinajstić information content (AvgIpc) is 3.57. The number of fused-ring (bicyclic) bond motifs is 1. The summed E-state index contributed by atoms with van der Waals surface area (Å²) in [6, 6.07) is 22.8. The molecule has 1 aromatic heterocycles. The highest BCUT2D eigenvalue weighted by Gasteiger charge is 2.38. The highest BCUT2D eigenvalue weighted by atomic mass is 19.4. The smallest absolute Gasteiger partial charge is 0.475 e. The van der Waals surface area contributed by atoms with Gasteiger partial charge in [-0.25, -0.2) is 9.48 Å². The van der Waals surface area contributed by atoms with Crippen molar-refractivity contribution in [1.29, 1.82) is 0 Å². The Morgan fingerprint density at radius 2 is 1.67 bits per heavy atom. The zero-order chi connectivity index (χ0) is 28.2. The molecule has 2 unspecified atom stereocenters. The van der Waals surface area contributed by atoms with E-state index in [9.17, 15) is 22.8 Å². The van der Waals surface area contributed by atoms with Crippen LogP contribution in [0.3, 0.4) is 0 Å². The monoisotopic (exact) mass is 539 g/mol. The molecular formula is C27H24F3N5O4. The lowest BCUT2D eigenvalue weighted by molar-refractivity contribution is -0.192. The summed E-state index contributed by atoms with van der Waals surface area (Å²) in [5.74, 6) is -2.96. The first kappa shape index (κ1) is 27.3. The number of halogens is 3. The van der Waals surface area contributed by atoms with E-state index < -0.39 is 18.1 Å². The number of primary amides is 1. The molecule has 9 nitrogen and oxygen atoms in total. The summed E-state index contributed by atoms with van der Waals surface area (Å²) in [5.41, 5.74) is 9.21. The number of nitrogens with one attached hydrogen (secondary N) is 2. The molecule has 5 rings (SSSR count).